The van der Waals surface area contributed by atoms with E-state index < -0.39 is 11.8 Å². The molecule has 8 heteroatoms. The van der Waals surface area contributed by atoms with Crippen molar-refractivity contribution in [3.8, 4) is 0 Å². The first-order valence-electron chi connectivity index (χ1n) is 10.7. The molecule has 0 unspecified atom stereocenters. The topological polar surface area (TPSA) is 96.2 Å². The number of rotatable bonds is 3. The summed E-state index contributed by atoms with van der Waals surface area (Å²) in [4.78, 5) is 35.8. The van der Waals surface area contributed by atoms with Gasteiger partial charge in [-0.1, -0.05) is 18.2 Å². The Bertz CT molecular complexity index is 1570. The van der Waals surface area contributed by atoms with Gasteiger partial charge in [-0.15, -0.1) is 0 Å². The van der Waals surface area contributed by atoms with Gasteiger partial charge in [0.15, 0.2) is 0 Å². The number of hydrogen-bond acceptors (Lipinski definition) is 5. The second-order valence-corrected chi connectivity index (χ2v) is 8.38. The van der Waals surface area contributed by atoms with Crippen LogP contribution in [0.25, 0.3) is 33.0 Å². The molecular formula is C25H21N5O3. The maximum Gasteiger partial charge on any atom is 0.259 e. The van der Waals surface area contributed by atoms with E-state index in [2.05, 4.69) is 25.9 Å². The van der Waals surface area contributed by atoms with Gasteiger partial charge in [-0.25, -0.2) is 4.98 Å². The lowest BCUT2D eigenvalue weighted by atomic mass is 9.94. The van der Waals surface area contributed by atoms with Crippen molar-refractivity contribution >= 4 is 50.7 Å². The first-order valence-corrected chi connectivity index (χ1v) is 10.7. The maximum atomic E-state index is 13.2. The molecule has 2 amide bonds. The Hall–Kier alpha value is -4.33. The summed E-state index contributed by atoms with van der Waals surface area (Å²) in [5.74, 6) is -0.177. The van der Waals surface area contributed by atoms with Gasteiger partial charge in [0.05, 0.1) is 28.3 Å². The highest BCUT2D eigenvalue weighted by Crippen LogP contribution is 2.39. The lowest BCUT2D eigenvalue weighted by Crippen LogP contribution is -2.23. The second-order valence-electron chi connectivity index (χ2n) is 8.38. The van der Waals surface area contributed by atoms with E-state index in [0.29, 0.717) is 22.3 Å². The van der Waals surface area contributed by atoms with Gasteiger partial charge >= 0.3 is 0 Å². The molecule has 6 rings (SSSR count). The summed E-state index contributed by atoms with van der Waals surface area (Å²) in [7, 11) is 3.79. The third kappa shape index (κ3) is 2.80. The number of fused-ring (bicyclic) bond motifs is 1. The highest BCUT2D eigenvalue weighted by molar-refractivity contribution is 6.50. The molecule has 4 aromatic rings. The molecular weight excluding hydrogens is 418 g/mol. The highest BCUT2D eigenvalue weighted by Gasteiger charge is 2.35. The first kappa shape index (κ1) is 19.4. The zero-order chi connectivity index (χ0) is 22.7. The van der Waals surface area contributed by atoms with Crippen LogP contribution in [0.15, 0.2) is 59.7 Å². The van der Waals surface area contributed by atoms with Gasteiger partial charge in [0.1, 0.15) is 11.4 Å². The number of aromatic nitrogens is 3. The van der Waals surface area contributed by atoms with Crippen LogP contribution in [0.5, 0.6) is 0 Å². The van der Waals surface area contributed by atoms with Crippen LogP contribution >= 0.6 is 0 Å². The average Bonchev–Trinajstić information content (AvgIpc) is 3.49. The number of carbonyl (C=O) groups excluding carboxylic acids is 2. The van der Waals surface area contributed by atoms with Crippen LogP contribution in [-0.4, -0.2) is 40.4 Å². The number of amides is 2. The molecule has 0 aliphatic carbocycles. The molecule has 0 atom stereocenters. The van der Waals surface area contributed by atoms with E-state index in [1.165, 1.54) is 5.56 Å². The molecule has 0 saturated heterocycles. The third-order valence-electron chi connectivity index (χ3n) is 6.26. The quantitative estimate of drug-likeness (QED) is 0.477. The van der Waals surface area contributed by atoms with Crippen molar-refractivity contribution in [3.05, 3.63) is 72.0 Å². The summed E-state index contributed by atoms with van der Waals surface area (Å²) in [5.41, 5.74) is 4.50. The maximum absolute atomic E-state index is 13.2. The van der Waals surface area contributed by atoms with Gasteiger partial charge in [-0.2, -0.15) is 0 Å². The minimum atomic E-state index is -0.463. The monoisotopic (exact) mass is 439 g/mol. The second kappa shape index (κ2) is 7.09. The number of imide groups is 1. The van der Waals surface area contributed by atoms with Crippen molar-refractivity contribution in [2.24, 2.45) is 0 Å². The van der Waals surface area contributed by atoms with Crippen LogP contribution in [0, 0.1) is 0 Å². The number of aromatic amines is 1. The minimum absolute atomic E-state index is 0.262. The molecule has 164 valence electrons. The number of hydrogen-bond donors (Lipinski definition) is 2. The molecule has 0 radical (unpaired) electrons. The summed E-state index contributed by atoms with van der Waals surface area (Å²) in [6.45, 7) is 0.859. The Morgan fingerprint density at radius 1 is 1.06 bits per heavy atom. The van der Waals surface area contributed by atoms with E-state index >= 15 is 0 Å². The van der Waals surface area contributed by atoms with Crippen molar-refractivity contribution in [1.29, 1.82) is 0 Å². The van der Waals surface area contributed by atoms with Gasteiger partial charge in [-0.05, 0) is 18.1 Å². The minimum Gasteiger partial charge on any atom is -0.463 e. The number of furan rings is 1. The Labute approximate surface area is 188 Å². The molecule has 2 N–H and O–H groups in total. The fourth-order valence-corrected chi connectivity index (χ4v) is 4.85. The van der Waals surface area contributed by atoms with Gasteiger partial charge in [0.25, 0.3) is 11.8 Å². The van der Waals surface area contributed by atoms with Crippen LogP contribution in [0.1, 0.15) is 16.7 Å². The third-order valence-corrected chi connectivity index (χ3v) is 6.26. The van der Waals surface area contributed by atoms with Crippen LogP contribution in [0.2, 0.25) is 0 Å². The predicted molar refractivity (Wildman–Crippen MR) is 126 cm³/mol. The zero-order valence-corrected chi connectivity index (χ0v) is 18.2. The van der Waals surface area contributed by atoms with Crippen LogP contribution in [0.4, 0.5) is 5.82 Å². The van der Waals surface area contributed by atoms with Crippen LogP contribution in [0.3, 0.4) is 0 Å². The summed E-state index contributed by atoms with van der Waals surface area (Å²) in [5, 5.41) is 4.15. The van der Waals surface area contributed by atoms with Crippen molar-refractivity contribution in [1.82, 2.24) is 19.9 Å². The number of H-pyrrole nitrogens is 1. The number of nitrogens with zero attached hydrogens (tertiary/aromatic N) is 3. The van der Waals surface area contributed by atoms with Gasteiger partial charge in [0, 0.05) is 61.9 Å². The Kier molecular flexibility index (Phi) is 4.16. The van der Waals surface area contributed by atoms with Crippen molar-refractivity contribution < 1.29 is 14.0 Å². The average molecular weight is 439 g/mol. The number of benzene rings is 1. The summed E-state index contributed by atoms with van der Waals surface area (Å²) in [6.07, 6.45) is 9.69. The normalized spacial score (nSPS) is 15.0. The molecule has 2 aliphatic rings. The SMILES string of the molecule is CN(C)c1ncc(C2=C(c3c[nH]ccn4c5c(cccc35)CC4)C(=O)NC2=O)c2occc12. The zero-order valence-electron chi connectivity index (χ0n) is 18.2. The van der Waals surface area contributed by atoms with E-state index in [-0.39, 0.29) is 5.57 Å². The van der Waals surface area contributed by atoms with E-state index in [4.69, 9.17) is 4.42 Å². The molecule has 5 heterocycles. The summed E-state index contributed by atoms with van der Waals surface area (Å²) < 4.78 is 7.95. The molecule has 0 bridgehead atoms. The van der Waals surface area contributed by atoms with E-state index in [0.717, 1.165) is 35.1 Å². The number of nitrogens with one attached hydrogen (secondary N) is 2. The van der Waals surface area contributed by atoms with E-state index in [1.54, 1.807) is 18.7 Å². The Morgan fingerprint density at radius 3 is 2.70 bits per heavy atom. The van der Waals surface area contributed by atoms with Gasteiger partial charge in [0.2, 0.25) is 0 Å². The fourth-order valence-electron chi connectivity index (χ4n) is 4.85. The van der Waals surface area contributed by atoms with Crippen molar-refractivity contribution in [2.75, 3.05) is 19.0 Å². The lowest BCUT2D eigenvalue weighted by Gasteiger charge is -2.14. The summed E-state index contributed by atoms with van der Waals surface area (Å²) in [6, 6.07) is 7.90. The van der Waals surface area contributed by atoms with Crippen LogP contribution in [-0.2, 0) is 22.6 Å². The van der Waals surface area contributed by atoms with Crippen molar-refractivity contribution in [2.45, 2.75) is 13.0 Å². The molecule has 1 aromatic carbocycles. The lowest BCUT2D eigenvalue weighted by molar-refractivity contribution is -0.122. The molecule has 0 fully saturated rings. The largest absolute Gasteiger partial charge is 0.463 e. The number of para-hydroxylation sites is 1. The fraction of sp³-hybridized carbons (Fsp3) is 0.160. The number of aryl methyl sites for hydroxylation is 2. The number of anilines is 1. The van der Waals surface area contributed by atoms with Crippen LogP contribution < -0.4 is 10.2 Å². The standard InChI is InChI=1S/C25H21N5O3/c1-29(2)23-16-7-11-33-22(16)18(13-27-23)20-19(24(31)28-25(20)32)17-12-26-8-10-30-9-6-14-4-3-5-15(17)21(14)30/h3-5,7-8,10-13,26H,6,9H2,1-2H3,(H,28,31,32). The van der Waals surface area contributed by atoms with Gasteiger partial charge in [-0.3, -0.25) is 14.9 Å². The smallest absolute Gasteiger partial charge is 0.259 e. The number of pyridine rings is 1. The number of carbonyl (C=O) groups is 2. The molecule has 0 spiro atoms. The van der Waals surface area contributed by atoms with Crippen molar-refractivity contribution in [3.63, 3.8) is 0 Å². The molecule has 33 heavy (non-hydrogen) atoms. The Balaban J connectivity index is 1.72. The highest BCUT2D eigenvalue weighted by atomic mass is 16.3. The molecule has 2 aliphatic heterocycles. The summed E-state index contributed by atoms with van der Waals surface area (Å²) >= 11 is 0. The predicted octanol–water partition coefficient (Wildman–Crippen LogP) is 3.42. The van der Waals surface area contributed by atoms with Gasteiger partial charge < -0.3 is 18.9 Å². The first-order chi connectivity index (χ1) is 16.0. The molecule has 3 aromatic heterocycles. The van der Waals surface area contributed by atoms with E-state index in [1.807, 2.05) is 49.6 Å². The van der Waals surface area contributed by atoms with E-state index in [9.17, 15) is 9.59 Å². The molecule has 8 nitrogen and oxygen atoms in total. The Morgan fingerprint density at radius 2 is 1.88 bits per heavy atom. The molecule has 0 saturated carbocycles.